The van der Waals surface area contributed by atoms with Crippen LogP contribution in [0.15, 0.2) is 34.8 Å². The monoisotopic (exact) mass is 1120 g/mol. The zero-order valence-corrected chi connectivity index (χ0v) is 44.5. The van der Waals surface area contributed by atoms with Gasteiger partial charge in [-0.1, -0.05) is 36.7 Å². The van der Waals surface area contributed by atoms with Gasteiger partial charge in [0.2, 0.25) is 23.1 Å². The minimum absolute atomic E-state index is 0.0223. The van der Waals surface area contributed by atoms with Crippen LogP contribution in [0.2, 0.25) is 10.3 Å². The molecule has 0 saturated heterocycles. The van der Waals surface area contributed by atoms with E-state index in [1.807, 2.05) is 53.7 Å². The Hall–Kier alpha value is -4.19. The quantitative estimate of drug-likeness (QED) is 0.0265. The molecule has 386 valence electrons. The van der Waals surface area contributed by atoms with Crippen LogP contribution in [0.4, 0.5) is 35.1 Å². The van der Waals surface area contributed by atoms with Crippen molar-refractivity contribution in [3.63, 3.8) is 0 Å². The molecule has 6 N–H and O–H groups in total. The van der Waals surface area contributed by atoms with Crippen molar-refractivity contribution in [3.8, 4) is 11.3 Å². The van der Waals surface area contributed by atoms with Crippen molar-refractivity contribution in [2.75, 3.05) is 54.5 Å². The van der Waals surface area contributed by atoms with Gasteiger partial charge in [0.1, 0.15) is 17.4 Å². The first-order valence-electron chi connectivity index (χ1n) is 20.7. The molecule has 0 aliphatic carbocycles. The number of aromatic nitrogens is 5. The standard InChI is InChI=1S/C15H12BrClF4N2O2.C15H22ClNO2.C9H16ClN5.C3H8NO5P/c1-6(2)25-14(24)7-4-8(10(18)5-9(7)17)12-11(16)13(15(19,20)21)23(3)22-12;1-5-13-8-6-7-11(2)15(13)17(14(18)9-16)12(3)10-19-4;1-5-11-7-12-6(10)13-8(14-7)15-9(2,3)4;5-3(6)1-4-2-10(7,8)9/h4-6H,1-3H3;6-8,12H,5,9-10H2,1-4H3;5H2,1-4H3,(H2,11,12,13,14,15);4H,1-2H2,(H,5,6)(H2,7,8,9). The van der Waals surface area contributed by atoms with Crippen LogP contribution < -0.4 is 20.9 Å². The number of carbonyl (C=O) groups is 3. The van der Waals surface area contributed by atoms with Gasteiger partial charge < -0.3 is 39.9 Å². The van der Waals surface area contributed by atoms with E-state index in [9.17, 15) is 36.5 Å². The zero-order chi connectivity index (χ0) is 53.2. The molecular weight excluding hydrogens is 1070 g/mol. The maximum Gasteiger partial charge on any atom is 0.434 e. The highest BCUT2D eigenvalue weighted by Crippen LogP contribution is 2.41. The fourth-order valence-electron chi connectivity index (χ4n) is 5.75. The predicted octanol–water partition coefficient (Wildman–Crippen LogP) is 9.35. The number of aliphatic carboxylic acids is 1. The predicted molar refractivity (Wildman–Crippen MR) is 262 cm³/mol. The number of nitrogens with zero attached hydrogens (tertiary/aromatic N) is 6. The van der Waals surface area contributed by atoms with Gasteiger partial charge in [-0.25, -0.2) is 9.18 Å². The molecule has 18 nitrogen and oxygen atoms in total. The van der Waals surface area contributed by atoms with Crippen LogP contribution in [0.25, 0.3) is 11.3 Å². The van der Waals surface area contributed by atoms with Gasteiger partial charge in [0, 0.05) is 31.8 Å². The fraction of sp³-hybridized carbons (Fsp3) is 0.500. The first-order valence-corrected chi connectivity index (χ1v) is 24.6. The summed E-state index contributed by atoms with van der Waals surface area (Å²) in [7, 11) is -1.38. The molecule has 1 unspecified atom stereocenters. The third-order valence-electron chi connectivity index (χ3n) is 8.33. The van der Waals surface area contributed by atoms with E-state index in [2.05, 4.69) is 64.9 Å². The average molecular weight is 1130 g/mol. The molecule has 0 aliphatic rings. The summed E-state index contributed by atoms with van der Waals surface area (Å²) in [5, 5.41) is 19.9. The van der Waals surface area contributed by atoms with Crippen molar-refractivity contribution in [3.05, 3.63) is 73.3 Å². The van der Waals surface area contributed by atoms with Crippen molar-refractivity contribution < 1.29 is 60.9 Å². The number of para-hydroxylation sites is 1. The summed E-state index contributed by atoms with van der Waals surface area (Å²) in [5.74, 6) is -2.01. The van der Waals surface area contributed by atoms with Crippen LogP contribution in [0, 0.1) is 12.7 Å². The molecule has 0 spiro atoms. The van der Waals surface area contributed by atoms with Crippen molar-refractivity contribution in [1.82, 2.24) is 30.0 Å². The number of halogens is 8. The number of anilines is 3. The van der Waals surface area contributed by atoms with E-state index in [0.717, 1.165) is 49.0 Å². The van der Waals surface area contributed by atoms with Gasteiger partial charge in [-0.2, -0.15) is 33.2 Å². The summed E-state index contributed by atoms with van der Waals surface area (Å²) >= 11 is 20.2. The van der Waals surface area contributed by atoms with E-state index < -0.39 is 60.6 Å². The van der Waals surface area contributed by atoms with Crippen LogP contribution in [-0.2, 0) is 43.3 Å². The highest BCUT2D eigenvalue weighted by molar-refractivity contribution is 9.10. The second-order valence-electron chi connectivity index (χ2n) is 15.8. The molecule has 0 bridgehead atoms. The first kappa shape index (κ1) is 62.8. The summed E-state index contributed by atoms with van der Waals surface area (Å²) < 4.78 is 73.9. The molecule has 27 heteroatoms. The van der Waals surface area contributed by atoms with E-state index in [1.54, 1.807) is 25.9 Å². The number of aryl methyl sites for hydroxylation is 3. The summed E-state index contributed by atoms with van der Waals surface area (Å²) in [6.45, 7) is 18.1. The maximum atomic E-state index is 14.3. The number of rotatable bonds is 16. The lowest BCUT2D eigenvalue weighted by atomic mass is 10.0. The molecule has 0 aliphatic heterocycles. The Bertz CT molecular complexity index is 2390. The largest absolute Gasteiger partial charge is 0.480 e. The molecule has 0 radical (unpaired) electrons. The Kier molecular flexibility index (Phi) is 26.0. The molecule has 4 rings (SSSR count). The topological polar surface area (TPSA) is 243 Å². The number of carboxylic acid groups (broad SMARTS) is 1. The SMILES string of the molecule is CC(C)OC(=O)c1cc(-c2nn(C)c(C(F)(F)F)c2Br)c(F)cc1Cl.CCNc1nc(Cl)nc(NC(C)(C)C)n1.CCc1cccc(C)c1N(C(=O)CCl)C(C)COC.O=C(O)CNCP(=O)(O)O. The highest BCUT2D eigenvalue weighted by atomic mass is 79.9. The first-order chi connectivity index (χ1) is 31.8. The molecular formula is C42H58BrCl3F4N9O9P. The third-order valence-corrected chi connectivity index (χ3v) is 10.4. The van der Waals surface area contributed by atoms with Crippen molar-refractivity contribution in [2.45, 2.75) is 92.6 Å². The van der Waals surface area contributed by atoms with Crippen LogP contribution in [0.3, 0.4) is 0 Å². The van der Waals surface area contributed by atoms with E-state index in [0.29, 0.717) is 23.2 Å². The van der Waals surface area contributed by atoms with E-state index in [1.165, 1.54) is 0 Å². The number of benzene rings is 2. The number of nitrogens with one attached hydrogen (secondary N) is 3. The third kappa shape index (κ3) is 21.8. The lowest BCUT2D eigenvalue weighted by Crippen LogP contribution is -2.43. The Morgan fingerprint density at radius 3 is 2.12 bits per heavy atom. The molecule has 0 saturated carbocycles. The molecule has 2 aromatic heterocycles. The van der Waals surface area contributed by atoms with Gasteiger partial charge in [-0.3, -0.25) is 24.2 Å². The maximum absolute atomic E-state index is 14.3. The minimum atomic E-state index is -4.69. The van der Waals surface area contributed by atoms with Gasteiger partial charge in [0.25, 0.3) is 0 Å². The van der Waals surface area contributed by atoms with Crippen molar-refractivity contribution in [2.24, 2.45) is 7.05 Å². The molecule has 2 aromatic carbocycles. The molecule has 0 fully saturated rings. The summed E-state index contributed by atoms with van der Waals surface area (Å²) in [6.07, 6.45) is -4.86. The number of hydrogen-bond donors (Lipinski definition) is 6. The van der Waals surface area contributed by atoms with E-state index in [-0.39, 0.29) is 50.5 Å². The number of esters is 1. The Balaban J connectivity index is 0.000000483. The van der Waals surface area contributed by atoms with Crippen LogP contribution in [-0.4, -0.2) is 114 Å². The lowest BCUT2D eigenvalue weighted by molar-refractivity contribution is -0.144. The Labute approximate surface area is 421 Å². The molecule has 4 aromatic rings. The normalized spacial score (nSPS) is 11.8. The Morgan fingerprint density at radius 2 is 1.64 bits per heavy atom. The van der Waals surface area contributed by atoms with Gasteiger partial charge in [-0.05, 0) is 113 Å². The number of hydrogen-bond acceptors (Lipinski definition) is 13. The van der Waals surface area contributed by atoms with Gasteiger partial charge in [0.05, 0.1) is 52.3 Å². The number of ether oxygens (including phenoxy) is 2. The smallest absolute Gasteiger partial charge is 0.434 e. The van der Waals surface area contributed by atoms with Gasteiger partial charge in [0.15, 0.2) is 5.69 Å². The second kappa shape index (κ2) is 28.6. The lowest BCUT2D eigenvalue weighted by Gasteiger charge is -2.31. The number of methoxy groups -OCH3 is 1. The molecule has 1 amide bonds. The summed E-state index contributed by atoms with van der Waals surface area (Å²) in [6, 6.07) is 7.90. The van der Waals surface area contributed by atoms with Crippen LogP contribution in [0.5, 0.6) is 0 Å². The number of carbonyl (C=O) groups excluding carboxylic acids is 2. The van der Waals surface area contributed by atoms with Crippen molar-refractivity contribution in [1.29, 1.82) is 0 Å². The number of carboxylic acids is 1. The molecule has 2 heterocycles. The van der Waals surface area contributed by atoms with Crippen LogP contribution >= 0.6 is 58.3 Å². The van der Waals surface area contributed by atoms with E-state index >= 15 is 0 Å². The highest BCUT2D eigenvalue weighted by Gasteiger charge is 2.39. The summed E-state index contributed by atoms with van der Waals surface area (Å²) in [4.78, 5) is 64.3. The Morgan fingerprint density at radius 1 is 1.03 bits per heavy atom. The number of amides is 1. The van der Waals surface area contributed by atoms with Gasteiger partial charge in [-0.15, -0.1) is 11.6 Å². The molecule has 69 heavy (non-hydrogen) atoms. The number of alkyl halides is 4. The fourth-order valence-corrected chi connectivity index (χ4v) is 7.44. The molecule has 1 atom stereocenters. The van der Waals surface area contributed by atoms with E-state index in [4.69, 9.17) is 59.2 Å². The second-order valence-corrected chi connectivity index (χ2v) is 19.3. The minimum Gasteiger partial charge on any atom is -0.480 e. The van der Waals surface area contributed by atoms with Crippen molar-refractivity contribution >= 4 is 93.8 Å². The average Bonchev–Trinajstić information content (AvgIpc) is 3.50. The summed E-state index contributed by atoms with van der Waals surface area (Å²) in [5.41, 5.74) is 1.25. The zero-order valence-electron chi connectivity index (χ0n) is 39.7. The van der Waals surface area contributed by atoms with Gasteiger partial charge >= 0.3 is 25.7 Å². The van der Waals surface area contributed by atoms with Crippen LogP contribution in [0.1, 0.15) is 82.6 Å².